The first-order chi connectivity index (χ1) is 14.9. The normalized spacial score (nSPS) is 10.6. The number of aromatic nitrogens is 2. The smallest absolute Gasteiger partial charge is 0.273 e. The van der Waals surface area contributed by atoms with Crippen LogP contribution in [0.25, 0.3) is 22.8 Å². The number of aryl methyl sites for hydroxylation is 1. The number of benzene rings is 3. The summed E-state index contributed by atoms with van der Waals surface area (Å²) >= 11 is 0. The maximum Gasteiger partial charge on any atom is 0.273 e. The van der Waals surface area contributed by atoms with E-state index in [0.29, 0.717) is 16.8 Å². The lowest BCUT2D eigenvalue weighted by molar-refractivity contribution is -0.385. The Labute approximate surface area is 175 Å². The highest BCUT2D eigenvalue weighted by atomic mass is 19.1. The molecular formula is C22H15FN4O4. The molecule has 3 aromatic carbocycles. The zero-order valence-corrected chi connectivity index (χ0v) is 16.2. The number of carbonyl (C=O) groups excluding carboxylic acids is 1. The monoisotopic (exact) mass is 418 g/mol. The topological polar surface area (TPSA) is 111 Å². The van der Waals surface area contributed by atoms with Crippen LogP contribution in [-0.2, 0) is 0 Å². The second-order valence-corrected chi connectivity index (χ2v) is 6.69. The Bertz CT molecular complexity index is 1280. The van der Waals surface area contributed by atoms with Crippen molar-refractivity contribution in [3.8, 4) is 22.8 Å². The van der Waals surface area contributed by atoms with Gasteiger partial charge in [-0.3, -0.25) is 14.9 Å². The van der Waals surface area contributed by atoms with Crippen LogP contribution in [0.5, 0.6) is 0 Å². The van der Waals surface area contributed by atoms with Gasteiger partial charge in [0.05, 0.1) is 10.5 Å². The lowest BCUT2D eigenvalue weighted by atomic mass is 10.1. The molecule has 154 valence electrons. The highest BCUT2D eigenvalue weighted by Crippen LogP contribution is 2.25. The molecule has 0 atom stereocenters. The maximum atomic E-state index is 13.9. The van der Waals surface area contributed by atoms with Crippen molar-refractivity contribution in [2.24, 2.45) is 0 Å². The van der Waals surface area contributed by atoms with Crippen LogP contribution in [0.15, 0.2) is 71.3 Å². The Kier molecular flexibility index (Phi) is 5.23. The fourth-order valence-electron chi connectivity index (χ4n) is 2.94. The number of anilines is 1. The van der Waals surface area contributed by atoms with E-state index in [1.807, 2.05) is 0 Å². The first-order valence-electron chi connectivity index (χ1n) is 9.18. The molecule has 1 heterocycles. The van der Waals surface area contributed by atoms with E-state index in [4.69, 9.17) is 4.52 Å². The van der Waals surface area contributed by atoms with Gasteiger partial charge in [-0.15, -0.1) is 0 Å². The fraction of sp³-hybridized carbons (Fsp3) is 0.0455. The molecule has 0 unspecified atom stereocenters. The molecule has 0 spiro atoms. The van der Waals surface area contributed by atoms with Crippen LogP contribution in [0.1, 0.15) is 15.9 Å². The highest BCUT2D eigenvalue weighted by molar-refractivity contribution is 6.04. The summed E-state index contributed by atoms with van der Waals surface area (Å²) in [6.45, 7) is 1.61. The van der Waals surface area contributed by atoms with E-state index >= 15 is 0 Å². The van der Waals surface area contributed by atoms with Gasteiger partial charge in [0.25, 0.3) is 17.5 Å². The second kappa shape index (κ2) is 8.15. The number of nitro benzene ring substituents is 1. The Balaban J connectivity index is 1.50. The van der Waals surface area contributed by atoms with Crippen LogP contribution in [0.2, 0.25) is 0 Å². The van der Waals surface area contributed by atoms with Gasteiger partial charge >= 0.3 is 0 Å². The maximum absolute atomic E-state index is 13.9. The largest absolute Gasteiger partial charge is 0.334 e. The molecule has 1 amide bonds. The molecule has 4 aromatic rings. The van der Waals surface area contributed by atoms with E-state index in [-0.39, 0.29) is 28.5 Å². The Hall–Kier alpha value is -4.40. The molecule has 9 heteroatoms. The van der Waals surface area contributed by atoms with Crippen LogP contribution in [0.3, 0.4) is 0 Å². The molecule has 0 radical (unpaired) electrons. The van der Waals surface area contributed by atoms with Gasteiger partial charge in [-0.2, -0.15) is 4.98 Å². The first kappa shape index (κ1) is 19.9. The van der Waals surface area contributed by atoms with E-state index in [1.54, 1.807) is 49.4 Å². The summed E-state index contributed by atoms with van der Waals surface area (Å²) in [5, 5.41) is 17.6. The van der Waals surface area contributed by atoms with E-state index in [0.717, 1.165) is 0 Å². The predicted octanol–water partition coefficient (Wildman–Crippen LogP) is 5.01. The number of nitrogens with one attached hydrogen (secondary N) is 1. The molecule has 0 bridgehead atoms. The molecule has 1 N–H and O–H groups in total. The average molecular weight is 418 g/mol. The van der Waals surface area contributed by atoms with Crippen molar-refractivity contribution >= 4 is 17.3 Å². The third kappa shape index (κ3) is 4.15. The van der Waals surface area contributed by atoms with Crippen LogP contribution >= 0.6 is 0 Å². The van der Waals surface area contributed by atoms with Gasteiger partial charge in [-0.25, -0.2) is 4.39 Å². The van der Waals surface area contributed by atoms with Crippen molar-refractivity contribution in [3.63, 3.8) is 0 Å². The van der Waals surface area contributed by atoms with E-state index in [2.05, 4.69) is 15.5 Å². The Morgan fingerprint density at radius 1 is 1.10 bits per heavy atom. The summed E-state index contributed by atoms with van der Waals surface area (Å²) in [7, 11) is 0. The summed E-state index contributed by atoms with van der Waals surface area (Å²) in [5.74, 6) is -0.610. The number of hydrogen-bond acceptors (Lipinski definition) is 6. The number of hydrogen-bond donors (Lipinski definition) is 1. The average Bonchev–Trinajstić information content (AvgIpc) is 3.24. The number of halogens is 1. The molecule has 31 heavy (non-hydrogen) atoms. The van der Waals surface area contributed by atoms with Crippen molar-refractivity contribution in [1.82, 2.24) is 10.1 Å². The van der Waals surface area contributed by atoms with Gasteiger partial charge in [0.2, 0.25) is 5.82 Å². The van der Waals surface area contributed by atoms with Gasteiger partial charge in [-0.1, -0.05) is 23.4 Å². The SMILES string of the molecule is Cc1ccc(C(=O)Nc2ccc(-c3noc(-c4ccccc4F)n3)cc2)cc1[N+](=O)[O-]. The number of amides is 1. The van der Waals surface area contributed by atoms with Crippen molar-refractivity contribution in [2.45, 2.75) is 6.92 Å². The number of nitrogens with zero attached hydrogens (tertiary/aromatic N) is 3. The van der Waals surface area contributed by atoms with Crippen LogP contribution in [-0.4, -0.2) is 21.0 Å². The predicted molar refractivity (Wildman–Crippen MR) is 111 cm³/mol. The lowest BCUT2D eigenvalue weighted by Crippen LogP contribution is -2.12. The zero-order chi connectivity index (χ0) is 22.0. The van der Waals surface area contributed by atoms with E-state index in [9.17, 15) is 19.3 Å². The number of carbonyl (C=O) groups is 1. The molecule has 0 fully saturated rings. The van der Waals surface area contributed by atoms with Gasteiger partial charge in [0.15, 0.2) is 0 Å². The van der Waals surface area contributed by atoms with Crippen molar-refractivity contribution < 1.29 is 18.6 Å². The third-order valence-corrected chi connectivity index (χ3v) is 4.60. The molecular weight excluding hydrogens is 403 g/mol. The fourth-order valence-corrected chi connectivity index (χ4v) is 2.94. The van der Waals surface area contributed by atoms with Crippen LogP contribution in [0, 0.1) is 22.9 Å². The molecule has 1 aromatic heterocycles. The molecule has 0 aliphatic rings. The zero-order valence-electron chi connectivity index (χ0n) is 16.2. The quantitative estimate of drug-likeness (QED) is 0.360. The molecule has 8 nitrogen and oxygen atoms in total. The molecule has 0 aliphatic carbocycles. The van der Waals surface area contributed by atoms with Crippen LogP contribution in [0.4, 0.5) is 15.8 Å². The minimum absolute atomic E-state index is 0.0615. The minimum atomic E-state index is -0.526. The van der Waals surface area contributed by atoms with E-state index < -0.39 is 16.6 Å². The third-order valence-electron chi connectivity index (χ3n) is 4.60. The summed E-state index contributed by atoms with van der Waals surface area (Å²) in [4.78, 5) is 27.2. The van der Waals surface area contributed by atoms with Gasteiger partial charge < -0.3 is 9.84 Å². The van der Waals surface area contributed by atoms with E-state index in [1.165, 1.54) is 24.3 Å². The number of rotatable bonds is 5. The highest BCUT2D eigenvalue weighted by Gasteiger charge is 2.16. The summed E-state index contributed by atoms with van der Waals surface area (Å²) < 4.78 is 19.0. The molecule has 0 saturated heterocycles. The summed E-state index contributed by atoms with van der Waals surface area (Å²) in [5.41, 5.74) is 1.82. The first-order valence-corrected chi connectivity index (χ1v) is 9.18. The van der Waals surface area contributed by atoms with Crippen molar-refractivity contribution in [1.29, 1.82) is 0 Å². The number of nitro groups is 1. The minimum Gasteiger partial charge on any atom is -0.334 e. The standard InChI is InChI=1S/C22H15FN4O4/c1-13-6-7-15(12-19(13)27(29)30)21(28)24-16-10-8-14(9-11-16)20-25-22(31-26-20)17-4-2-3-5-18(17)23/h2-12H,1H3,(H,24,28). The van der Waals surface area contributed by atoms with Crippen molar-refractivity contribution in [3.05, 3.63) is 93.8 Å². The summed E-state index contributed by atoms with van der Waals surface area (Å²) in [6, 6.07) is 17.0. The second-order valence-electron chi connectivity index (χ2n) is 6.69. The molecule has 0 aliphatic heterocycles. The lowest BCUT2D eigenvalue weighted by Gasteiger charge is -2.06. The Morgan fingerprint density at radius 2 is 1.84 bits per heavy atom. The Morgan fingerprint density at radius 3 is 2.55 bits per heavy atom. The molecule has 0 saturated carbocycles. The van der Waals surface area contributed by atoms with Crippen molar-refractivity contribution in [2.75, 3.05) is 5.32 Å². The summed E-state index contributed by atoms with van der Waals surface area (Å²) in [6.07, 6.45) is 0. The van der Waals surface area contributed by atoms with Gasteiger partial charge in [0, 0.05) is 28.4 Å². The van der Waals surface area contributed by atoms with Gasteiger partial charge in [-0.05, 0) is 49.4 Å². The molecule has 4 rings (SSSR count). The van der Waals surface area contributed by atoms with Gasteiger partial charge in [0.1, 0.15) is 5.82 Å². The van der Waals surface area contributed by atoms with Crippen LogP contribution < -0.4 is 5.32 Å².